The van der Waals surface area contributed by atoms with Crippen LogP contribution in [0.4, 0.5) is 33.7 Å². The van der Waals surface area contributed by atoms with E-state index in [0.29, 0.717) is 30.7 Å². The number of urea groups is 1. The average Bonchev–Trinajstić information content (AvgIpc) is 2.72. The van der Waals surface area contributed by atoms with Gasteiger partial charge in [-0.25, -0.2) is 13.6 Å². The molecule has 2 amide bonds. The van der Waals surface area contributed by atoms with Gasteiger partial charge in [0.25, 0.3) is 0 Å². The van der Waals surface area contributed by atoms with Crippen molar-refractivity contribution < 1.29 is 36.6 Å². The van der Waals surface area contributed by atoms with Crippen molar-refractivity contribution in [2.24, 2.45) is 5.92 Å². The van der Waals surface area contributed by atoms with E-state index in [1.807, 2.05) is 26.0 Å². The number of hydrogen-bond donors (Lipinski definition) is 1. The molecule has 2 aromatic rings. The molecule has 3 rings (SSSR count). The van der Waals surface area contributed by atoms with Gasteiger partial charge in [0.15, 0.2) is 17.4 Å². The first-order valence-electron chi connectivity index (χ1n) is 10.3. The first-order chi connectivity index (χ1) is 15.6. The third-order valence-electron chi connectivity index (χ3n) is 5.53. The van der Waals surface area contributed by atoms with Crippen LogP contribution in [-0.4, -0.2) is 31.8 Å². The smallest absolute Gasteiger partial charge is 0.387 e. The van der Waals surface area contributed by atoms with E-state index in [-0.39, 0.29) is 11.8 Å². The number of ether oxygens (including phenoxy) is 2. The molecular formula is C23H24F4N2O4. The van der Waals surface area contributed by atoms with Gasteiger partial charge in [-0.3, -0.25) is 9.69 Å². The Kier molecular flexibility index (Phi) is 7.45. The van der Waals surface area contributed by atoms with Crippen LogP contribution in [0.15, 0.2) is 36.4 Å². The zero-order chi connectivity index (χ0) is 24.3. The quantitative estimate of drug-likeness (QED) is 0.419. The van der Waals surface area contributed by atoms with E-state index >= 15 is 0 Å². The summed E-state index contributed by atoms with van der Waals surface area (Å²) in [5.74, 6) is -4.19. The third kappa shape index (κ3) is 5.37. The van der Waals surface area contributed by atoms with Gasteiger partial charge in [0.2, 0.25) is 0 Å². The number of alkyl halides is 2. The topological polar surface area (TPSA) is 67.9 Å². The number of anilines is 2. The van der Waals surface area contributed by atoms with Gasteiger partial charge in [-0.15, -0.1) is 0 Å². The lowest BCUT2D eigenvalue weighted by atomic mass is 9.79. The van der Waals surface area contributed by atoms with Gasteiger partial charge in [-0.05, 0) is 30.4 Å². The van der Waals surface area contributed by atoms with Crippen LogP contribution in [-0.2, 0) is 9.53 Å². The molecule has 0 aromatic heterocycles. The van der Waals surface area contributed by atoms with Gasteiger partial charge in [0.05, 0.1) is 18.7 Å². The zero-order valence-corrected chi connectivity index (χ0v) is 18.3. The summed E-state index contributed by atoms with van der Waals surface area (Å²) in [5, 5.41) is 2.36. The molecule has 1 fully saturated rings. The maximum absolute atomic E-state index is 13.8. The van der Waals surface area contributed by atoms with E-state index in [2.05, 4.69) is 10.1 Å². The molecule has 0 heterocycles. The predicted octanol–water partition coefficient (Wildman–Crippen LogP) is 5.68. The van der Waals surface area contributed by atoms with E-state index in [1.54, 1.807) is 12.1 Å². The molecule has 0 radical (unpaired) electrons. The van der Waals surface area contributed by atoms with Crippen molar-refractivity contribution in [1.82, 2.24) is 0 Å². The fraction of sp³-hybridized carbons (Fsp3) is 0.391. The number of para-hydroxylation sites is 1. The lowest BCUT2D eigenvalue weighted by molar-refractivity contribution is -0.148. The lowest BCUT2D eigenvalue weighted by Gasteiger charge is -2.42. The van der Waals surface area contributed by atoms with Crippen molar-refractivity contribution in [2.75, 3.05) is 17.3 Å². The summed E-state index contributed by atoms with van der Waals surface area (Å²) in [4.78, 5) is 26.6. The first kappa shape index (κ1) is 24.3. The summed E-state index contributed by atoms with van der Waals surface area (Å²) in [6.45, 7) is 0.573. The van der Waals surface area contributed by atoms with Crippen molar-refractivity contribution in [2.45, 2.75) is 45.3 Å². The van der Waals surface area contributed by atoms with E-state index < -0.39 is 47.7 Å². The van der Waals surface area contributed by atoms with Crippen LogP contribution in [0.3, 0.4) is 0 Å². The van der Waals surface area contributed by atoms with Gasteiger partial charge in [0.1, 0.15) is 0 Å². The first-order valence-corrected chi connectivity index (χ1v) is 10.3. The average molecular weight is 468 g/mol. The maximum atomic E-state index is 13.8. The van der Waals surface area contributed by atoms with Crippen LogP contribution in [0.25, 0.3) is 0 Å². The number of carbonyl (C=O) groups excluding carboxylic acids is 2. The number of methoxy groups -OCH3 is 1. The molecule has 0 atom stereocenters. The Labute approximate surface area is 188 Å². The molecular weight excluding hydrogens is 444 g/mol. The summed E-state index contributed by atoms with van der Waals surface area (Å²) >= 11 is 0. The summed E-state index contributed by atoms with van der Waals surface area (Å²) < 4.78 is 62.0. The summed E-state index contributed by atoms with van der Waals surface area (Å²) in [6.07, 6.45) is 0.648. The van der Waals surface area contributed by atoms with Crippen LogP contribution in [0, 0.1) is 17.6 Å². The van der Waals surface area contributed by atoms with Gasteiger partial charge in [0, 0.05) is 23.9 Å². The Hall–Kier alpha value is -3.30. The molecule has 1 aliphatic rings. The molecule has 178 valence electrons. The van der Waals surface area contributed by atoms with Gasteiger partial charge >= 0.3 is 18.6 Å². The number of carbonyl (C=O) groups is 2. The monoisotopic (exact) mass is 468 g/mol. The predicted molar refractivity (Wildman–Crippen MR) is 114 cm³/mol. The van der Waals surface area contributed by atoms with E-state index in [0.717, 1.165) is 5.56 Å². The van der Waals surface area contributed by atoms with Crippen molar-refractivity contribution in [1.29, 1.82) is 0 Å². The molecule has 2 aromatic carbocycles. The maximum Gasteiger partial charge on any atom is 0.387 e. The molecule has 10 heteroatoms. The number of halogens is 4. The number of nitrogens with zero attached hydrogens (tertiary/aromatic N) is 1. The van der Waals surface area contributed by atoms with Crippen LogP contribution in [0.1, 0.15) is 38.2 Å². The number of esters is 1. The largest absolute Gasteiger partial charge is 0.469 e. The minimum atomic E-state index is -3.31. The van der Waals surface area contributed by atoms with E-state index in [4.69, 9.17) is 4.74 Å². The molecule has 0 aliphatic heterocycles. The second-order valence-corrected chi connectivity index (χ2v) is 8.00. The molecule has 6 nitrogen and oxygen atoms in total. The van der Waals surface area contributed by atoms with Crippen LogP contribution >= 0.6 is 0 Å². The molecule has 0 unspecified atom stereocenters. The second-order valence-electron chi connectivity index (χ2n) is 8.00. The highest BCUT2D eigenvalue weighted by Gasteiger charge is 2.42. The molecule has 0 spiro atoms. The minimum absolute atomic E-state index is 0.0361. The number of rotatable bonds is 7. The normalized spacial score (nSPS) is 17.5. The lowest BCUT2D eigenvalue weighted by Crippen LogP contribution is -2.52. The highest BCUT2D eigenvalue weighted by Crippen LogP contribution is 2.39. The number of benzene rings is 2. The van der Waals surface area contributed by atoms with Gasteiger partial charge < -0.3 is 14.8 Å². The van der Waals surface area contributed by atoms with Crippen LogP contribution < -0.4 is 15.0 Å². The molecule has 0 saturated heterocycles. The Balaban J connectivity index is 1.96. The highest BCUT2D eigenvalue weighted by atomic mass is 19.3. The number of nitrogens with one attached hydrogen (secondary N) is 1. The number of amides is 2. The summed E-state index contributed by atoms with van der Waals surface area (Å²) in [5.41, 5.74) is 0.941. The molecule has 1 N–H and O–H groups in total. The summed E-state index contributed by atoms with van der Waals surface area (Å²) in [7, 11) is 1.28. The van der Waals surface area contributed by atoms with Crippen molar-refractivity contribution >= 4 is 23.4 Å². The van der Waals surface area contributed by atoms with Gasteiger partial charge in [-0.1, -0.05) is 32.0 Å². The third-order valence-corrected chi connectivity index (χ3v) is 5.53. The Morgan fingerprint density at radius 3 is 2.33 bits per heavy atom. The zero-order valence-electron chi connectivity index (χ0n) is 18.3. The Morgan fingerprint density at radius 1 is 1.09 bits per heavy atom. The molecule has 1 saturated carbocycles. The van der Waals surface area contributed by atoms with Crippen LogP contribution in [0.5, 0.6) is 5.75 Å². The van der Waals surface area contributed by atoms with Crippen LogP contribution in [0.2, 0.25) is 0 Å². The standard InChI is InChI=1S/C23H24F4N2O4/c1-12(2)15-6-4-5-7-19(15)29(14-8-13(9-14)21(30)32-3)23(31)28-18-10-16(24)17(25)11-20(18)33-22(26)27/h4-7,10-14,22H,8-9H2,1-3H3,(H,28,31). The van der Waals surface area contributed by atoms with E-state index in [1.165, 1.54) is 12.0 Å². The van der Waals surface area contributed by atoms with E-state index in [9.17, 15) is 27.2 Å². The second kappa shape index (κ2) is 10.1. The molecule has 0 bridgehead atoms. The molecule has 33 heavy (non-hydrogen) atoms. The van der Waals surface area contributed by atoms with Crippen molar-refractivity contribution in [3.63, 3.8) is 0 Å². The fourth-order valence-corrected chi connectivity index (χ4v) is 3.82. The van der Waals surface area contributed by atoms with Crippen molar-refractivity contribution in [3.8, 4) is 5.75 Å². The highest BCUT2D eigenvalue weighted by molar-refractivity contribution is 6.04. The number of hydrogen-bond acceptors (Lipinski definition) is 4. The Bertz CT molecular complexity index is 1030. The fourth-order valence-electron chi connectivity index (χ4n) is 3.82. The minimum Gasteiger partial charge on any atom is -0.469 e. The Morgan fingerprint density at radius 2 is 1.73 bits per heavy atom. The van der Waals surface area contributed by atoms with Gasteiger partial charge in [-0.2, -0.15) is 8.78 Å². The van der Waals surface area contributed by atoms with Crippen molar-refractivity contribution in [3.05, 3.63) is 53.6 Å². The SMILES string of the molecule is COC(=O)C1CC(N(C(=O)Nc2cc(F)c(F)cc2OC(F)F)c2ccccc2C(C)C)C1. The molecule has 1 aliphatic carbocycles. The summed E-state index contributed by atoms with van der Waals surface area (Å²) in [6, 6.07) is 6.98.